The van der Waals surface area contributed by atoms with Crippen molar-refractivity contribution >= 4 is 15.9 Å². The first-order valence-electron chi connectivity index (χ1n) is 13.7. The molecule has 1 aromatic carbocycles. The third kappa shape index (κ3) is 8.38. The average Bonchev–Trinajstić information content (AvgIpc) is 2.88. The lowest BCUT2D eigenvalue weighted by atomic mass is 10.1. The summed E-state index contributed by atoms with van der Waals surface area (Å²) in [7, 11) is -2.12. The molecule has 1 aromatic rings. The predicted molar refractivity (Wildman–Crippen MR) is 146 cm³/mol. The number of carbonyl (C=O) groups is 1. The van der Waals surface area contributed by atoms with Crippen molar-refractivity contribution in [3.8, 4) is 5.75 Å². The third-order valence-corrected chi connectivity index (χ3v) is 9.73. The lowest BCUT2D eigenvalue weighted by molar-refractivity contribution is -0.137. The van der Waals surface area contributed by atoms with Gasteiger partial charge in [0.05, 0.1) is 18.6 Å². The van der Waals surface area contributed by atoms with E-state index in [9.17, 15) is 13.2 Å². The molecule has 1 amide bonds. The summed E-state index contributed by atoms with van der Waals surface area (Å²) in [5.41, 5.74) is 1.30. The highest BCUT2D eigenvalue weighted by Crippen LogP contribution is 2.28. The zero-order valence-corrected chi connectivity index (χ0v) is 24.0. The molecule has 10 heteroatoms. The number of ether oxygens (including phenoxy) is 2. The molecule has 0 spiro atoms. The molecule has 2 aliphatic heterocycles. The molecule has 0 radical (unpaired) electrons. The van der Waals surface area contributed by atoms with E-state index in [1.54, 1.807) is 33.1 Å². The van der Waals surface area contributed by atoms with Crippen LogP contribution in [0.5, 0.6) is 5.75 Å². The molecule has 2 fully saturated rings. The summed E-state index contributed by atoms with van der Waals surface area (Å²) >= 11 is 0. The number of piperazine rings is 1. The summed E-state index contributed by atoms with van der Waals surface area (Å²) in [6.07, 6.45) is 5.22. The first-order valence-corrected chi connectivity index (χ1v) is 15.2. The Labute approximate surface area is 223 Å². The van der Waals surface area contributed by atoms with Crippen molar-refractivity contribution in [1.29, 1.82) is 0 Å². The van der Waals surface area contributed by atoms with Crippen molar-refractivity contribution in [2.24, 2.45) is 0 Å². The Morgan fingerprint density at radius 2 is 1.54 bits per heavy atom. The maximum absolute atomic E-state index is 13.3. The van der Waals surface area contributed by atoms with Gasteiger partial charge in [0.1, 0.15) is 12.4 Å². The van der Waals surface area contributed by atoms with Crippen molar-refractivity contribution in [1.82, 2.24) is 19.0 Å². The zero-order chi connectivity index (χ0) is 26.8. The number of methoxy groups -OCH3 is 1. The van der Waals surface area contributed by atoms with Crippen molar-refractivity contribution in [3.05, 3.63) is 23.3 Å². The van der Waals surface area contributed by atoms with Crippen LogP contribution in [0.25, 0.3) is 0 Å². The standard InChI is InChI=1S/C27H46N4O5S/c1-5-31(37(33,34)27-23(2)20-25(35-4)21-24(27)3)18-19-36-22-26(32)30-16-14-29(15-17-30)13-9-12-28-10-7-6-8-11-28/h20-21H,5-19,22H2,1-4H3. The molecule has 2 aliphatic rings. The maximum Gasteiger partial charge on any atom is 0.248 e. The largest absolute Gasteiger partial charge is 0.497 e. The van der Waals surface area contributed by atoms with Gasteiger partial charge >= 0.3 is 0 Å². The summed E-state index contributed by atoms with van der Waals surface area (Å²) < 4.78 is 38.9. The minimum absolute atomic E-state index is 0.0207. The summed E-state index contributed by atoms with van der Waals surface area (Å²) in [4.78, 5) is 19.8. The van der Waals surface area contributed by atoms with E-state index in [1.165, 1.54) is 49.6 Å². The number of carbonyl (C=O) groups excluding carboxylic acids is 1. The molecule has 2 saturated heterocycles. The summed E-state index contributed by atoms with van der Waals surface area (Å²) in [6, 6.07) is 3.47. The number of likely N-dealkylation sites (tertiary alicyclic amines) is 1. The van der Waals surface area contributed by atoms with Crippen LogP contribution >= 0.6 is 0 Å². The van der Waals surface area contributed by atoms with Gasteiger partial charge in [-0.05, 0) is 82.5 Å². The van der Waals surface area contributed by atoms with Gasteiger partial charge in [-0.25, -0.2) is 8.42 Å². The normalized spacial score (nSPS) is 17.9. The maximum atomic E-state index is 13.3. The summed E-state index contributed by atoms with van der Waals surface area (Å²) in [6.45, 7) is 14.0. The molecule has 0 N–H and O–H groups in total. The van der Waals surface area contributed by atoms with E-state index in [0.717, 1.165) is 32.7 Å². The smallest absolute Gasteiger partial charge is 0.248 e. The van der Waals surface area contributed by atoms with E-state index in [2.05, 4.69) is 9.80 Å². The van der Waals surface area contributed by atoms with Crippen LogP contribution in [0.4, 0.5) is 0 Å². The molecule has 2 heterocycles. The fraction of sp³-hybridized carbons (Fsp3) is 0.741. The number of hydrogen-bond acceptors (Lipinski definition) is 7. The van der Waals surface area contributed by atoms with Gasteiger partial charge in [-0.2, -0.15) is 4.31 Å². The van der Waals surface area contributed by atoms with Gasteiger partial charge in [0.25, 0.3) is 0 Å². The molecular weight excluding hydrogens is 492 g/mol. The van der Waals surface area contributed by atoms with Gasteiger partial charge in [0.15, 0.2) is 0 Å². The molecule has 0 aliphatic carbocycles. The topological polar surface area (TPSA) is 82.6 Å². The molecule has 0 saturated carbocycles. The Balaban J connectivity index is 1.38. The van der Waals surface area contributed by atoms with E-state index in [0.29, 0.717) is 28.3 Å². The van der Waals surface area contributed by atoms with E-state index in [-0.39, 0.29) is 25.7 Å². The highest BCUT2D eigenvalue weighted by molar-refractivity contribution is 7.89. The van der Waals surface area contributed by atoms with Gasteiger partial charge in [0.2, 0.25) is 15.9 Å². The molecule has 210 valence electrons. The number of piperidine rings is 1. The lowest BCUT2D eigenvalue weighted by Crippen LogP contribution is -2.50. The molecule has 0 bridgehead atoms. The Bertz CT molecular complexity index is 950. The minimum atomic E-state index is -3.69. The molecule has 3 rings (SSSR count). The number of hydrogen-bond donors (Lipinski definition) is 0. The SMILES string of the molecule is CCN(CCOCC(=O)N1CCN(CCCN2CCCCC2)CC1)S(=O)(=O)c1c(C)cc(OC)cc1C. The van der Waals surface area contributed by atoms with E-state index >= 15 is 0 Å². The number of nitrogens with zero attached hydrogens (tertiary/aromatic N) is 4. The van der Waals surface area contributed by atoms with E-state index in [1.807, 2.05) is 11.8 Å². The fourth-order valence-corrected chi connectivity index (χ4v) is 7.20. The highest BCUT2D eigenvalue weighted by Gasteiger charge is 2.27. The van der Waals surface area contributed by atoms with Gasteiger partial charge < -0.3 is 19.3 Å². The molecule has 0 unspecified atom stereocenters. The summed E-state index contributed by atoms with van der Waals surface area (Å²) in [5, 5.41) is 0. The van der Waals surface area contributed by atoms with Gasteiger partial charge in [-0.1, -0.05) is 13.3 Å². The quantitative estimate of drug-likeness (QED) is 0.357. The monoisotopic (exact) mass is 538 g/mol. The second-order valence-corrected chi connectivity index (χ2v) is 12.0. The number of sulfonamides is 1. The van der Waals surface area contributed by atoms with E-state index in [4.69, 9.17) is 9.47 Å². The van der Waals surface area contributed by atoms with Crippen LogP contribution in [0, 0.1) is 13.8 Å². The number of aryl methyl sites for hydroxylation is 2. The van der Waals surface area contributed by atoms with Crippen LogP contribution in [-0.4, -0.2) is 119 Å². The van der Waals surface area contributed by atoms with Gasteiger partial charge in [-0.3, -0.25) is 9.69 Å². The van der Waals surface area contributed by atoms with Crippen LogP contribution in [0.3, 0.4) is 0 Å². The van der Waals surface area contributed by atoms with Crippen LogP contribution in [0.15, 0.2) is 17.0 Å². The van der Waals surface area contributed by atoms with Crippen LogP contribution in [0.2, 0.25) is 0 Å². The number of amides is 1. The van der Waals surface area contributed by atoms with Gasteiger partial charge in [-0.15, -0.1) is 0 Å². The average molecular weight is 539 g/mol. The van der Waals surface area contributed by atoms with Crippen molar-refractivity contribution in [2.75, 3.05) is 85.8 Å². The van der Waals surface area contributed by atoms with Crippen molar-refractivity contribution in [2.45, 2.75) is 51.3 Å². The molecule has 37 heavy (non-hydrogen) atoms. The van der Waals surface area contributed by atoms with Crippen LogP contribution < -0.4 is 4.74 Å². The van der Waals surface area contributed by atoms with Crippen molar-refractivity contribution in [3.63, 3.8) is 0 Å². The summed E-state index contributed by atoms with van der Waals surface area (Å²) in [5.74, 6) is 0.609. The van der Waals surface area contributed by atoms with Crippen molar-refractivity contribution < 1.29 is 22.7 Å². The first kappa shape index (κ1) is 29.8. The first-order chi connectivity index (χ1) is 17.8. The third-order valence-electron chi connectivity index (χ3n) is 7.45. The molecule has 0 atom stereocenters. The second kappa shape index (κ2) is 14.4. The Morgan fingerprint density at radius 3 is 2.11 bits per heavy atom. The number of likely N-dealkylation sites (N-methyl/N-ethyl adjacent to an activating group) is 1. The van der Waals surface area contributed by atoms with Crippen LogP contribution in [-0.2, 0) is 19.6 Å². The number of benzene rings is 1. The Kier molecular flexibility index (Phi) is 11.6. The number of rotatable bonds is 13. The predicted octanol–water partition coefficient (Wildman–Crippen LogP) is 2.36. The van der Waals surface area contributed by atoms with Crippen LogP contribution in [0.1, 0.15) is 43.7 Å². The second-order valence-electron chi connectivity index (χ2n) is 10.1. The minimum Gasteiger partial charge on any atom is -0.497 e. The highest BCUT2D eigenvalue weighted by atomic mass is 32.2. The molecule has 0 aromatic heterocycles. The molecular formula is C27H46N4O5S. The van der Waals surface area contributed by atoms with E-state index < -0.39 is 10.0 Å². The fourth-order valence-electron chi connectivity index (χ4n) is 5.35. The lowest BCUT2D eigenvalue weighted by Gasteiger charge is -2.35. The Morgan fingerprint density at radius 1 is 0.946 bits per heavy atom. The van der Waals surface area contributed by atoms with Gasteiger partial charge in [0, 0.05) is 39.3 Å². The Hall–Kier alpha value is -1.72. The zero-order valence-electron chi connectivity index (χ0n) is 23.2. The molecule has 9 nitrogen and oxygen atoms in total.